The second-order valence-electron chi connectivity index (χ2n) is 14.0. The quantitative estimate of drug-likeness (QED) is 0.175. The average molecular weight is 677 g/mol. The van der Waals surface area contributed by atoms with Gasteiger partial charge in [0.05, 0.1) is 22.1 Å². The third-order valence-electron chi connectivity index (χ3n) is 11.3. The summed E-state index contributed by atoms with van der Waals surface area (Å²) in [5.41, 5.74) is 11.3. The third-order valence-corrected chi connectivity index (χ3v) is 11.3. The summed E-state index contributed by atoms with van der Waals surface area (Å²) in [6, 6.07) is 59.5. The van der Waals surface area contributed by atoms with E-state index in [1.165, 1.54) is 10.8 Å². The Balaban J connectivity index is 1.03. The highest BCUT2D eigenvalue weighted by atomic mass is 16.3. The van der Waals surface area contributed by atoms with Gasteiger partial charge in [-0.2, -0.15) is 0 Å². The van der Waals surface area contributed by atoms with Crippen molar-refractivity contribution in [3.8, 4) is 27.9 Å². The second kappa shape index (κ2) is 10.4. The molecular formula is C49H28N2O2. The number of furan rings is 1. The summed E-state index contributed by atoms with van der Waals surface area (Å²) in [6.45, 7) is 0. The summed E-state index contributed by atoms with van der Waals surface area (Å²) in [4.78, 5) is 14.3. The molecule has 4 nitrogen and oxygen atoms in total. The predicted molar refractivity (Wildman–Crippen MR) is 220 cm³/mol. The lowest BCUT2D eigenvalue weighted by molar-refractivity contribution is 0.670. The Morgan fingerprint density at radius 2 is 1.02 bits per heavy atom. The molecule has 0 N–H and O–H groups in total. The number of hydrogen-bond acceptors (Lipinski definition) is 2. The fourth-order valence-electron chi connectivity index (χ4n) is 8.92. The predicted octanol–water partition coefficient (Wildman–Crippen LogP) is 12.5. The number of rotatable bonds is 3. The van der Waals surface area contributed by atoms with Crippen LogP contribution in [0.3, 0.4) is 0 Å². The van der Waals surface area contributed by atoms with E-state index in [1.807, 2.05) is 34.7 Å². The van der Waals surface area contributed by atoms with Crippen molar-refractivity contribution in [1.29, 1.82) is 0 Å². The van der Waals surface area contributed by atoms with Crippen LogP contribution in [-0.4, -0.2) is 8.97 Å². The molecule has 12 rings (SSSR count). The summed E-state index contributed by atoms with van der Waals surface area (Å²) in [6.07, 6.45) is 0. The van der Waals surface area contributed by atoms with Crippen LogP contribution in [0.5, 0.6) is 0 Å². The molecule has 0 amide bonds. The number of fused-ring (bicyclic) bond motifs is 11. The first-order chi connectivity index (χ1) is 26.2. The molecule has 0 atom stereocenters. The smallest absolute Gasteiger partial charge is 0.263 e. The zero-order chi connectivity index (χ0) is 34.8. The van der Waals surface area contributed by atoms with E-state index in [4.69, 9.17) is 4.42 Å². The molecule has 4 aromatic heterocycles. The highest BCUT2D eigenvalue weighted by Gasteiger charge is 2.19. The van der Waals surface area contributed by atoms with Gasteiger partial charge < -0.3 is 8.98 Å². The molecule has 0 aliphatic carbocycles. The molecule has 0 saturated heterocycles. The number of benzene rings is 8. The Morgan fingerprint density at radius 3 is 1.91 bits per heavy atom. The molecule has 0 spiro atoms. The monoisotopic (exact) mass is 676 g/mol. The summed E-state index contributed by atoms with van der Waals surface area (Å²) >= 11 is 0. The first kappa shape index (κ1) is 28.5. The van der Waals surface area contributed by atoms with Gasteiger partial charge in [0.1, 0.15) is 11.2 Å². The van der Waals surface area contributed by atoms with Gasteiger partial charge in [-0.15, -0.1) is 0 Å². The van der Waals surface area contributed by atoms with Crippen LogP contribution >= 0.6 is 0 Å². The van der Waals surface area contributed by atoms with Crippen molar-refractivity contribution in [2.45, 2.75) is 0 Å². The van der Waals surface area contributed by atoms with Crippen molar-refractivity contribution in [2.75, 3.05) is 0 Å². The first-order valence-corrected chi connectivity index (χ1v) is 18.0. The van der Waals surface area contributed by atoms with E-state index in [2.05, 4.69) is 144 Å². The van der Waals surface area contributed by atoms with Gasteiger partial charge in [-0.1, -0.05) is 121 Å². The molecule has 8 aromatic carbocycles. The molecule has 0 saturated carbocycles. The zero-order valence-electron chi connectivity index (χ0n) is 28.4. The van der Waals surface area contributed by atoms with Crippen molar-refractivity contribution < 1.29 is 4.42 Å². The maximum absolute atomic E-state index is 14.3. The van der Waals surface area contributed by atoms with Gasteiger partial charge >= 0.3 is 0 Å². The number of aromatic nitrogens is 2. The minimum absolute atomic E-state index is 0.0134. The lowest BCUT2D eigenvalue weighted by Gasteiger charge is -2.12. The van der Waals surface area contributed by atoms with E-state index in [0.717, 1.165) is 98.9 Å². The Bertz CT molecular complexity index is 3550. The number of hydrogen-bond donors (Lipinski definition) is 0. The number of pyridine rings is 1. The van der Waals surface area contributed by atoms with E-state index in [9.17, 15) is 4.79 Å². The van der Waals surface area contributed by atoms with Crippen molar-refractivity contribution in [1.82, 2.24) is 8.97 Å². The molecule has 4 heteroatoms. The van der Waals surface area contributed by atoms with Crippen molar-refractivity contribution in [2.24, 2.45) is 0 Å². The van der Waals surface area contributed by atoms with Crippen molar-refractivity contribution >= 4 is 81.7 Å². The van der Waals surface area contributed by atoms with Gasteiger partial charge in [-0.3, -0.25) is 9.20 Å². The maximum atomic E-state index is 14.3. The van der Waals surface area contributed by atoms with E-state index in [1.54, 1.807) is 0 Å². The molecule has 0 fully saturated rings. The van der Waals surface area contributed by atoms with Crippen LogP contribution in [-0.2, 0) is 0 Å². The molecule has 53 heavy (non-hydrogen) atoms. The van der Waals surface area contributed by atoms with Gasteiger partial charge in [0.15, 0.2) is 0 Å². The van der Waals surface area contributed by atoms with Crippen LogP contribution in [0.15, 0.2) is 179 Å². The SMILES string of the molecule is O=c1c2cc(-c3cccc(-n4c5ccccc5c5cc(-c6cccc7c6oc6ccccc67)ccc54)c3)ccc2c2cccc3c4ccccc4n1c23. The first-order valence-electron chi connectivity index (χ1n) is 18.0. The van der Waals surface area contributed by atoms with Gasteiger partial charge in [-0.05, 0) is 70.6 Å². The molecular weight excluding hydrogens is 649 g/mol. The van der Waals surface area contributed by atoms with Crippen LogP contribution in [0.4, 0.5) is 0 Å². The molecule has 0 radical (unpaired) electrons. The summed E-state index contributed by atoms with van der Waals surface area (Å²) in [5.74, 6) is 0. The van der Waals surface area contributed by atoms with E-state index in [0.29, 0.717) is 0 Å². The van der Waals surface area contributed by atoms with Gasteiger partial charge in [0.2, 0.25) is 0 Å². The van der Waals surface area contributed by atoms with E-state index >= 15 is 0 Å². The Hall–Kier alpha value is -7.17. The molecule has 0 aliphatic rings. The third kappa shape index (κ3) is 3.87. The van der Waals surface area contributed by atoms with Gasteiger partial charge in [0, 0.05) is 54.3 Å². The Labute approximate surface area is 302 Å². The Morgan fingerprint density at radius 1 is 0.396 bits per heavy atom. The molecule has 0 unspecified atom stereocenters. The number of nitrogens with zero attached hydrogens (tertiary/aromatic N) is 2. The lowest BCUT2D eigenvalue weighted by atomic mass is 9.99. The average Bonchev–Trinajstić information content (AvgIpc) is 3.88. The standard InChI is InChI=1S/C49H28N2O2/c52-49-42-27-30(22-24-34(42)38-16-9-17-39-35-12-1-5-20-44(35)51(49)47(38)39)29-10-7-11-32(26-29)50-43-19-4-2-13-36(43)41-28-31(23-25-45(41)50)33-15-8-18-40-37-14-3-6-21-46(37)53-48(33)40/h1-28H. The van der Waals surface area contributed by atoms with Crippen LogP contribution in [0, 0.1) is 0 Å². The van der Waals surface area contributed by atoms with Gasteiger partial charge in [0.25, 0.3) is 5.56 Å². The lowest BCUT2D eigenvalue weighted by Crippen LogP contribution is -2.12. The van der Waals surface area contributed by atoms with Crippen molar-refractivity contribution in [3.05, 3.63) is 180 Å². The van der Waals surface area contributed by atoms with E-state index < -0.39 is 0 Å². The molecule has 4 heterocycles. The second-order valence-corrected chi connectivity index (χ2v) is 14.0. The largest absolute Gasteiger partial charge is 0.455 e. The highest BCUT2D eigenvalue weighted by Crippen LogP contribution is 2.40. The van der Waals surface area contributed by atoms with E-state index in [-0.39, 0.29) is 5.56 Å². The summed E-state index contributed by atoms with van der Waals surface area (Å²) in [5, 5.41) is 9.63. The van der Waals surface area contributed by atoms with Crippen LogP contribution < -0.4 is 5.56 Å². The van der Waals surface area contributed by atoms with Gasteiger partial charge in [-0.25, -0.2) is 0 Å². The van der Waals surface area contributed by atoms with Crippen molar-refractivity contribution in [3.63, 3.8) is 0 Å². The summed E-state index contributed by atoms with van der Waals surface area (Å²) in [7, 11) is 0. The van der Waals surface area contributed by atoms with Crippen LogP contribution in [0.25, 0.3) is 110 Å². The minimum Gasteiger partial charge on any atom is -0.455 e. The zero-order valence-corrected chi connectivity index (χ0v) is 28.4. The normalized spacial score (nSPS) is 12.2. The topological polar surface area (TPSA) is 39.5 Å². The maximum Gasteiger partial charge on any atom is 0.263 e. The molecule has 246 valence electrons. The Kier molecular flexibility index (Phi) is 5.62. The molecule has 12 aromatic rings. The highest BCUT2D eigenvalue weighted by molar-refractivity contribution is 6.20. The molecule has 0 aliphatic heterocycles. The van der Waals surface area contributed by atoms with Crippen LogP contribution in [0.1, 0.15) is 0 Å². The number of para-hydroxylation sites is 5. The summed E-state index contributed by atoms with van der Waals surface area (Å²) < 4.78 is 10.7. The molecule has 0 bridgehead atoms. The fraction of sp³-hybridized carbons (Fsp3) is 0. The minimum atomic E-state index is 0.0134. The van der Waals surface area contributed by atoms with Crippen LogP contribution in [0.2, 0.25) is 0 Å². The fourth-order valence-corrected chi connectivity index (χ4v) is 8.92.